The molecule has 0 radical (unpaired) electrons. The summed E-state index contributed by atoms with van der Waals surface area (Å²) in [6.45, 7) is 1.51. The quantitative estimate of drug-likeness (QED) is 0.428. The molecular formula is C8H15N2O5P. The third kappa shape index (κ3) is 3.91. The topological polar surface area (TPSA) is 107 Å². The van der Waals surface area contributed by atoms with Crippen LogP contribution in [0.1, 0.15) is 19.8 Å². The fourth-order valence-electron chi connectivity index (χ4n) is 0.963. The van der Waals surface area contributed by atoms with Crippen LogP contribution in [-0.4, -0.2) is 25.4 Å². The van der Waals surface area contributed by atoms with E-state index in [2.05, 4.69) is 14.0 Å². The van der Waals surface area contributed by atoms with Gasteiger partial charge in [-0.15, -0.1) is 0 Å². The van der Waals surface area contributed by atoms with Crippen molar-refractivity contribution < 1.29 is 23.8 Å². The Labute approximate surface area is 93.8 Å². The molecule has 0 spiro atoms. The van der Waals surface area contributed by atoms with Crippen LogP contribution >= 0.6 is 7.60 Å². The van der Waals surface area contributed by atoms with Gasteiger partial charge in [0, 0.05) is 14.2 Å². The van der Waals surface area contributed by atoms with Gasteiger partial charge in [-0.2, -0.15) is 0 Å². The van der Waals surface area contributed by atoms with Crippen molar-refractivity contribution in [1.29, 1.82) is 5.39 Å². The van der Waals surface area contributed by atoms with Crippen molar-refractivity contribution in [3.63, 3.8) is 0 Å². The molecule has 92 valence electrons. The first-order valence-corrected chi connectivity index (χ1v) is 6.11. The number of diazo groups is 1. The maximum Gasteiger partial charge on any atom is 0.459 e. The van der Waals surface area contributed by atoms with E-state index in [1.54, 1.807) is 0 Å². The minimum atomic E-state index is -3.84. The Kier molecular flexibility index (Phi) is 6.22. The van der Waals surface area contributed by atoms with Crippen LogP contribution in [0.4, 0.5) is 0 Å². The van der Waals surface area contributed by atoms with Gasteiger partial charge in [-0.1, -0.05) is 0 Å². The average Bonchev–Trinajstić information content (AvgIpc) is 2.26. The molecule has 0 aliphatic carbocycles. The molecule has 0 amide bonds. The van der Waals surface area contributed by atoms with E-state index in [1.807, 2.05) is 0 Å². The summed E-state index contributed by atoms with van der Waals surface area (Å²) in [6.07, 6.45) is -0.604. The Morgan fingerprint density at radius 2 is 2.06 bits per heavy atom. The van der Waals surface area contributed by atoms with Gasteiger partial charge in [0.05, 0.1) is 6.10 Å². The fraction of sp³-hybridized carbons (Fsp3) is 0.750. The number of aliphatic hydroxyl groups excluding tert-OH is 1. The molecule has 7 nitrogen and oxygen atoms in total. The number of rotatable bonds is 6. The van der Waals surface area contributed by atoms with Gasteiger partial charge >= 0.3 is 13.0 Å². The number of aliphatic hydroxyl groups is 1. The van der Waals surface area contributed by atoms with E-state index in [0.29, 0.717) is 0 Å². The van der Waals surface area contributed by atoms with Crippen molar-refractivity contribution in [2.75, 3.05) is 14.2 Å². The lowest BCUT2D eigenvalue weighted by Crippen LogP contribution is -2.11. The second-order valence-corrected chi connectivity index (χ2v) is 5.25. The van der Waals surface area contributed by atoms with Gasteiger partial charge in [-0.3, -0.25) is 0 Å². The van der Waals surface area contributed by atoms with Crippen molar-refractivity contribution in [3.05, 3.63) is 16.2 Å². The first kappa shape index (κ1) is 15.1. The van der Waals surface area contributed by atoms with Crippen molar-refractivity contribution in [2.24, 2.45) is 0 Å². The lowest BCUT2D eigenvalue weighted by Gasteiger charge is -2.13. The molecule has 16 heavy (non-hydrogen) atoms. The molecule has 0 aliphatic rings. The van der Waals surface area contributed by atoms with Crippen LogP contribution in [-0.2, 0) is 13.6 Å². The summed E-state index contributed by atoms with van der Waals surface area (Å²) in [5.74, 6) is -0.685. The molecule has 0 aromatic heterocycles. The highest BCUT2D eigenvalue weighted by atomic mass is 31.2. The zero-order chi connectivity index (χ0) is 12.8. The van der Waals surface area contributed by atoms with E-state index < -0.39 is 24.9 Å². The van der Waals surface area contributed by atoms with Gasteiger partial charge < -0.3 is 19.3 Å². The highest BCUT2D eigenvalue weighted by Gasteiger charge is 2.40. The van der Waals surface area contributed by atoms with Crippen molar-refractivity contribution >= 4 is 7.60 Å². The van der Waals surface area contributed by atoms with E-state index in [0.717, 1.165) is 14.2 Å². The molecule has 0 bridgehead atoms. The summed E-state index contributed by atoms with van der Waals surface area (Å²) >= 11 is 0. The van der Waals surface area contributed by atoms with Crippen LogP contribution in [0.5, 0.6) is 0 Å². The second kappa shape index (κ2) is 6.61. The minimum Gasteiger partial charge on any atom is -0.870 e. The monoisotopic (exact) mass is 250 g/mol. The van der Waals surface area contributed by atoms with Gasteiger partial charge in [0.15, 0.2) is 4.98 Å². The Morgan fingerprint density at radius 1 is 1.56 bits per heavy atom. The molecule has 1 N–H and O–H groups in total. The summed E-state index contributed by atoms with van der Waals surface area (Å²) < 4.78 is 20.8. The number of hydrogen-bond donors (Lipinski definition) is 1. The predicted molar refractivity (Wildman–Crippen MR) is 54.6 cm³/mol. The number of nitrogens with zero attached hydrogens (tertiary/aromatic N) is 2. The van der Waals surface area contributed by atoms with E-state index in [1.165, 1.54) is 6.92 Å². The predicted octanol–water partition coefficient (Wildman–Crippen LogP) is 1.02. The van der Waals surface area contributed by atoms with Crippen LogP contribution in [0.2, 0.25) is 0 Å². The van der Waals surface area contributed by atoms with Crippen LogP contribution in [0.25, 0.3) is 4.98 Å². The summed E-state index contributed by atoms with van der Waals surface area (Å²) in [4.78, 5) is 2.65. The summed E-state index contributed by atoms with van der Waals surface area (Å²) in [6, 6.07) is 0. The van der Waals surface area contributed by atoms with Gasteiger partial charge in [0.2, 0.25) is 5.39 Å². The van der Waals surface area contributed by atoms with Crippen LogP contribution in [0, 0.1) is 5.39 Å². The molecule has 0 saturated carbocycles. The Bertz CT molecular complexity index is 339. The highest BCUT2D eigenvalue weighted by molar-refractivity contribution is 7.58. The van der Waals surface area contributed by atoms with Gasteiger partial charge in [-0.25, -0.2) is 4.57 Å². The van der Waals surface area contributed by atoms with Crippen molar-refractivity contribution in [2.45, 2.75) is 25.9 Å². The first-order valence-electron chi connectivity index (χ1n) is 4.56. The van der Waals surface area contributed by atoms with Crippen LogP contribution in [0.3, 0.4) is 0 Å². The SMILES string of the molecule is COP(=O)(OC)C([N+]#N)=C([O-])CCC(C)O. The lowest BCUT2D eigenvalue weighted by molar-refractivity contribution is -0.308. The first-order chi connectivity index (χ1) is 7.41. The number of hydrogen-bond acceptors (Lipinski definition) is 6. The van der Waals surface area contributed by atoms with E-state index in [9.17, 15) is 9.67 Å². The van der Waals surface area contributed by atoms with E-state index in [4.69, 9.17) is 10.5 Å². The molecule has 0 heterocycles. The van der Waals surface area contributed by atoms with Gasteiger partial charge in [-0.05, 0) is 25.5 Å². The molecule has 0 aromatic carbocycles. The fourth-order valence-corrected chi connectivity index (χ4v) is 1.98. The van der Waals surface area contributed by atoms with Gasteiger partial charge in [0.1, 0.15) is 0 Å². The maximum atomic E-state index is 11.7. The minimum absolute atomic E-state index is 0.103. The second-order valence-electron chi connectivity index (χ2n) is 3.10. The Balaban J connectivity index is 5.03. The van der Waals surface area contributed by atoms with Gasteiger partial charge in [0.25, 0.3) is 0 Å². The maximum absolute atomic E-state index is 11.7. The van der Waals surface area contributed by atoms with E-state index >= 15 is 0 Å². The van der Waals surface area contributed by atoms with E-state index in [-0.39, 0.29) is 12.8 Å². The summed E-state index contributed by atoms with van der Waals surface area (Å²) in [5, 5.41) is 29.1. The Hall–Kier alpha value is -0.930. The average molecular weight is 250 g/mol. The smallest absolute Gasteiger partial charge is 0.459 e. The third-order valence-electron chi connectivity index (χ3n) is 1.87. The van der Waals surface area contributed by atoms with Crippen molar-refractivity contribution in [3.8, 4) is 0 Å². The van der Waals surface area contributed by atoms with Crippen molar-refractivity contribution in [1.82, 2.24) is 0 Å². The zero-order valence-corrected chi connectivity index (χ0v) is 10.3. The standard InChI is InChI=1S/C8H15N2O5P/c1-6(11)4-5-7(12)8(10-9)16(13,14-2)15-3/h6,11H,4-5H2,1-3H3. The highest BCUT2D eigenvalue weighted by Crippen LogP contribution is 2.56. The summed E-state index contributed by atoms with van der Waals surface area (Å²) in [7, 11) is -1.68. The Morgan fingerprint density at radius 3 is 2.38 bits per heavy atom. The molecule has 1 unspecified atom stereocenters. The molecule has 1 atom stereocenters. The third-order valence-corrected chi connectivity index (χ3v) is 3.69. The molecule has 0 rings (SSSR count). The molecule has 0 aliphatic heterocycles. The number of allylic oxidation sites excluding steroid dienone is 1. The molecular weight excluding hydrogens is 235 g/mol. The molecule has 0 saturated heterocycles. The van der Waals surface area contributed by atoms with Crippen LogP contribution < -0.4 is 5.11 Å². The largest absolute Gasteiger partial charge is 0.870 e. The van der Waals surface area contributed by atoms with Crippen LogP contribution in [0.15, 0.2) is 11.2 Å². The molecule has 0 fully saturated rings. The normalized spacial score (nSPS) is 15.2. The molecule has 8 heteroatoms. The summed E-state index contributed by atoms with van der Waals surface area (Å²) in [5.41, 5.74) is -0.654. The zero-order valence-electron chi connectivity index (χ0n) is 9.41. The molecule has 0 aromatic rings. The lowest BCUT2D eigenvalue weighted by atomic mass is 10.2.